The van der Waals surface area contributed by atoms with Crippen molar-refractivity contribution in [1.82, 2.24) is 9.88 Å². The van der Waals surface area contributed by atoms with Crippen LogP contribution >= 0.6 is 11.3 Å². The van der Waals surface area contributed by atoms with Gasteiger partial charge in [0.15, 0.2) is 5.13 Å². The summed E-state index contributed by atoms with van der Waals surface area (Å²) in [5, 5.41) is 33.9. The summed E-state index contributed by atoms with van der Waals surface area (Å²) in [6.07, 6.45) is 1.81. The Morgan fingerprint density at radius 3 is 2.58 bits per heavy atom. The predicted molar refractivity (Wildman–Crippen MR) is 148 cm³/mol. The van der Waals surface area contributed by atoms with Crippen molar-refractivity contribution in [2.75, 3.05) is 18.9 Å². The van der Waals surface area contributed by atoms with Gasteiger partial charge in [0.25, 0.3) is 0 Å². The van der Waals surface area contributed by atoms with Crippen LogP contribution in [-0.2, 0) is 14.3 Å². The number of fused-ring (bicyclic) bond motifs is 1. The summed E-state index contributed by atoms with van der Waals surface area (Å²) in [5.41, 5.74) is 5.87. The van der Waals surface area contributed by atoms with Gasteiger partial charge in [-0.2, -0.15) is 0 Å². The number of rotatable bonds is 4. The molecule has 9 nitrogen and oxygen atoms in total. The fourth-order valence-corrected chi connectivity index (χ4v) is 6.50. The quantitative estimate of drug-likeness (QED) is 0.328. The number of ether oxygens (including phenoxy) is 1. The van der Waals surface area contributed by atoms with Crippen LogP contribution < -0.4 is 5.73 Å². The van der Waals surface area contributed by atoms with Crippen LogP contribution in [0.5, 0.6) is 0 Å². The molecule has 2 aliphatic rings. The maximum absolute atomic E-state index is 13.3. The molecule has 38 heavy (non-hydrogen) atoms. The van der Waals surface area contributed by atoms with Gasteiger partial charge in [-0.25, -0.2) is 4.98 Å². The molecule has 214 valence electrons. The minimum absolute atomic E-state index is 0.0273. The standard InChI is InChI=1S/C28H45N3O6S/c1-16-8-7-9-28(6)21(31(28)10-11-32)13-20(17(2)12-19-15-38-26(29)30-19)37-23(34)14-22(33)27(4,5)25(36)18(3)24(16)35/h12,15-16,18,20-22,24,32-33,35H,7-11,13-14H2,1-6H3,(H2,29,30)/b17-12+/t16-,18+,20-,21-,22-,24?,28+,31?/m0/s1. The van der Waals surface area contributed by atoms with Crippen LogP contribution in [0, 0.1) is 17.3 Å². The number of hydrogen-bond donors (Lipinski definition) is 4. The minimum Gasteiger partial charge on any atom is -0.458 e. The van der Waals surface area contributed by atoms with Crippen molar-refractivity contribution in [2.45, 2.75) is 104 Å². The Morgan fingerprint density at radius 2 is 1.97 bits per heavy atom. The number of ketones is 1. The summed E-state index contributed by atoms with van der Waals surface area (Å²) < 4.78 is 5.95. The number of carbonyl (C=O) groups excluding carboxylic acids is 2. The Labute approximate surface area is 230 Å². The SMILES string of the molecule is C/C(=C\c1csc(N)n1)[C@@H]1C[C@@H]2N(CCO)[C@]2(C)CCC[C@H](C)C(O)[C@@H](C)C(=O)C(C)(C)[C@@H](O)CC(=O)O1. The molecular weight excluding hydrogens is 506 g/mol. The summed E-state index contributed by atoms with van der Waals surface area (Å²) in [7, 11) is 0. The van der Waals surface area contributed by atoms with Crippen molar-refractivity contribution in [1.29, 1.82) is 0 Å². The number of esters is 1. The first-order valence-electron chi connectivity index (χ1n) is 13.6. The summed E-state index contributed by atoms with van der Waals surface area (Å²) in [5.74, 6) is -1.66. The van der Waals surface area contributed by atoms with Crippen molar-refractivity contribution in [3.05, 3.63) is 16.6 Å². The molecule has 5 N–H and O–H groups in total. The van der Waals surface area contributed by atoms with E-state index in [4.69, 9.17) is 10.5 Å². The van der Waals surface area contributed by atoms with E-state index in [0.717, 1.165) is 24.8 Å². The van der Waals surface area contributed by atoms with Crippen molar-refractivity contribution >= 4 is 34.3 Å². The first-order chi connectivity index (χ1) is 17.7. The highest BCUT2D eigenvalue weighted by atomic mass is 32.1. The lowest BCUT2D eigenvalue weighted by atomic mass is 9.73. The number of β-amino-alcohol motifs (C(OH)–C–C–N with tert-alkyl or cyclic N) is 1. The van der Waals surface area contributed by atoms with Gasteiger partial charge in [0.05, 0.1) is 36.3 Å². The molecule has 10 heteroatoms. The third-order valence-corrected chi connectivity index (χ3v) is 9.53. The number of hydrogen-bond acceptors (Lipinski definition) is 10. The fraction of sp³-hybridized carbons (Fsp3) is 0.750. The number of nitrogens with two attached hydrogens (primary N) is 1. The van der Waals surface area contributed by atoms with Crippen molar-refractivity contribution < 1.29 is 29.6 Å². The number of thiazole rings is 1. The fourth-order valence-electron chi connectivity index (χ4n) is 5.98. The molecule has 0 bridgehead atoms. The van der Waals surface area contributed by atoms with Crippen molar-refractivity contribution in [2.24, 2.45) is 17.3 Å². The molecule has 2 saturated heterocycles. The average molecular weight is 552 g/mol. The largest absolute Gasteiger partial charge is 0.458 e. The lowest BCUT2D eigenvalue weighted by Crippen LogP contribution is -2.45. The summed E-state index contributed by atoms with van der Waals surface area (Å²) in [4.78, 5) is 32.9. The maximum Gasteiger partial charge on any atom is 0.309 e. The van der Waals surface area contributed by atoms with Gasteiger partial charge in [-0.1, -0.05) is 34.1 Å². The normalized spacial score (nSPS) is 37.4. The number of aromatic nitrogens is 1. The molecule has 2 fully saturated rings. The van der Waals surface area contributed by atoms with Gasteiger partial charge in [0, 0.05) is 35.8 Å². The summed E-state index contributed by atoms with van der Waals surface area (Å²) in [6, 6.07) is 0.0892. The zero-order chi connectivity index (χ0) is 28.4. The van der Waals surface area contributed by atoms with E-state index in [1.165, 1.54) is 11.3 Å². The lowest BCUT2D eigenvalue weighted by molar-refractivity contribution is -0.154. The van der Waals surface area contributed by atoms with Crippen molar-refractivity contribution in [3.63, 3.8) is 0 Å². The zero-order valence-corrected chi connectivity index (χ0v) is 24.3. The Hall–Kier alpha value is -1.85. The van der Waals surface area contributed by atoms with Crippen LogP contribution in [0.1, 0.15) is 79.3 Å². The molecule has 0 aromatic carbocycles. The van der Waals surface area contributed by atoms with Gasteiger partial charge in [-0.15, -0.1) is 11.3 Å². The Kier molecular flexibility index (Phi) is 9.79. The zero-order valence-electron chi connectivity index (χ0n) is 23.5. The van der Waals surface area contributed by atoms with Gasteiger partial charge >= 0.3 is 5.97 Å². The molecule has 8 atom stereocenters. The van der Waals surface area contributed by atoms with Crippen LogP contribution in [0.15, 0.2) is 11.0 Å². The van der Waals surface area contributed by atoms with E-state index in [-0.39, 0.29) is 36.3 Å². The van der Waals surface area contributed by atoms with Crippen molar-refractivity contribution in [3.8, 4) is 0 Å². The lowest BCUT2D eigenvalue weighted by Gasteiger charge is -2.34. The van der Waals surface area contributed by atoms with E-state index in [2.05, 4.69) is 16.8 Å². The topological polar surface area (TPSA) is 146 Å². The number of aliphatic hydroxyl groups excluding tert-OH is 3. The molecule has 0 saturated carbocycles. The first-order valence-corrected chi connectivity index (χ1v) is 14.5. The molecule has 0 aliphatic carbocycles. The summed E-state index contributed by atoms with van der Waals surface area (Å²) in [6.45, 7) is 11.5. The number of Topliss-reactive ketones (excluding diaryl/α,β-unsaturated/α-hetero) is 1. The van der Waals surface area contributed by atoms with Crippen LogP contribution in [0.3, 0.4) is 0 Å². The van der Waals surface area contributed by atoms with Gasteiger partial charge in [-0.05, 0) is 44.3 Å². The second-order valence-corrected chi connectivity index (χ2v) is 12.8. The van der Waals surface area contributed by atoms with E-state index < -0.39 is 35.6 Å². The molecule has 3 heterocycles. The maximum atomic E-state index is 13.3. The highest BCUT2D eigenvalue weighted by Gasteiger charge is 2.58. The van der Waals surface area contributed by atoms with E-state index >= 15 is 0 Å². The molecular formula is C28H45N3O6S. The molecule has 0 amide bonds. The first kappa shape index (κ1) is 30.7. The Balaban J connectivity index is 1.93. The second-order valence-electron chi connectivity index (χ2n) is 12.0. The van der Waals surface area contributed by atoms with Crippen LogP contribution in [-0.4, -0.2) is 80.0 Å². The van der Waals surface area contributed by atoms with Crippen LogP contribution in [0.4, 0.5) is 5.13 Å². The molecule has 1 aromatic rings. The number of anilines is 1. The average Bonchev–Trinajstić information content (AvgIpc) is 3.15. The van der Waals surface area contributed by atoms with Gasteiger partial charge in [0.1, 0.15) is 11.9 Å². The molecule has 0 spiro atoms. The number of nitrogen functional groups attached to an aromatic ring is 1. The number of carbonyl (C=O) groups is 2. The van der Waals surface area contributed by atoms with E-state index in [1.54, 1.807) is 20.8 Å². The number of aliphatic hydroxyl groups is 3. The highest BCUT2D eigenvalue weighted by molar-refractivity contribution is 7.13. The highest BCUT2D eigenvalue weighted by Crippen LogP contribution is 2.48. The smallest absolute Gasteiger partial charge is 0.309 e. The Bertz CT molecular complexity index is 1030. The van der Waals surface area contributed by atoms with Gasteiger partial charge in [0.2, 0.25) is 0 Å². The minimum atomic E-state index is -1.26. The van der Waals surface area contributed by atoms with E-state index in [9.17, 15) is 24.9 Å². The monoisotopic (exact) mass is 551 g/mol. The number of nitrogens with zero attached hydrogens (tertiary/aromatic N) is 2. The van der Waals surface area contributed by atoms with Crippen LogP contribution in [0.25, 0.3) is 6.08 Å². The molecule has 0 radical (unpaired) electrons. The number of cyclic esters (lactones) is 1. The molecule has 3 rings (SSSR count). The summed E-state index contributed by atoms with van der Waals surface area (Å²) >= 11 is 1.33. The third kappa shape index (κ3) is 6.65. The third-order valence-electron chi connectivity index (χ3n) is 8.84. The molecule has 2 aliphatic heterocycles. The van der Waals surface area contributed by atoms with E-state index in [0.29, 0.717) is 23.8 Å². The van der Waals surface area contributed by atoms with Gasteiger partial charge in [-0.3, -0.25) is 14.5 Å². The van der Waals surface area contributed by atoms with E-state index in [1.807, 2.05) is 25.3 Å². The molecule has 2 unspecified atom stereocenters. The predicted octanol–water partition coefficient (Wildman–Crippen LogP) is 3.03. The second kappa shape index (κ2) is 12.1. The Morgan fingerprint density at radius 1 is 1.29 bits per heavy atom. The molecule has 1 aromatic heterocycles. The van der Waals surface area contributed by atoms with Gasteiger partial charge < -0.3 is 25.8 Å². The van der Waals surface area contributed by atoms with Crippen LogP contribution in [0.2, 0.25) is 0 Å².